The predicted molar refractivity (Wildman–Crippen MR) is 173 cm³/mol. The van der Waals surface area contributed by atoms with Gasteiger partial charge in [-0.25, -0.2) is 0 Å². The first-order valence-electron chi connectivity index (χ1n) is 17.8. The van der Waals surface area contributed by atoms with Gasteiger partial charge in [0.2, 0.25) is 17.7 Å². The van der Waals surface area contributed by atoms with Crippen molar-refractivity contribution in [3.05, 3.63) is 0 Å². The average molecular weight is 649 g/mol. The van der Waals surface area contributed by atoms with Crippen LogP contribution in [0.5, 0.6) is 0 Å². The Bertz CT molecular complexity index is 1080. The molecule has 0 radical (unpaired) electrons. The van der Waals surface area contributed by atoms with Crippen molar-refractivity contribution in [3.63, 3.8) is 0 Å². The lowest BCUT2D eigenvalue weighted by Gasteiger charge is -2.62. The number of carbonyl (C=O) groups is 3. The summed E-state index contributed by atoms with van der Waals surface area (Å²) >= 11 is 0. The first-order chi connectivity index (χ1) is 21.9. The molecule has 5 unspecified atom stereocenters. The Morgan fingerprint density at radius 2 is 1.65 bits per heavy atom. The third-order valence-electron chi connectivity index (χ3n) is 13.3. The van der Waals surface area contributed by atoms with Gasteiger partial charge in [-0.2, -0.15) is 5.06 Å². The minimum atomic E-state index is -0.850. The first-order valence-corrected chi connectivity index (χ1v) is 17.8. The molecule has 5 saturated carbocycles. The molecule has 3 amide bonds. The number of carbonyl (C=O) groups excluding carboxylic acids is 3. The van der Waals surface area contributed by atoms with Crippen LogP contribution in [0.25, 0.3) is 0 Å². The standard InChI is InChI=1S/C35H60N4O7/c1-18-26-14-24(35(26,3)4)15-27(18)38-34(44)30-29(19(2)41)28(17-40)46-39(30)16-20-9-8-10-25(31(20)45-7)21-11-22(32(42)36-5)13-23(12-21)33(43)37-6/h18-31,40-41H,8-17H2,1-7H3,(H,36,42)(H,37,43)(H,38,44)/t18-,19-,20?,21?,22?,23?,24+,25?,26-,27-,28-,29+,30-,31?/m0/s1. The van der Waals surface area contributed by atoms with E-state index in [9.17, 15) is 24.6 Å². The van der Waals surface area contributed by atoms with Gasteiger partial charge < -0.3 is 30.9 Å². The molecule has 5 N–H and O–H groups in total. The van der Waals surface area contributed by atoms with E-state index < -0.39 is 24.2 Å². The van der Waals surface area contributed by atoms with E-state index in [4.69, 9.17) is 9.57 Å². The third kappa shape index (κ3) is 6.60. The van der Waals surface area contributed by atoms with Crippen LogP contribution in [0.4, 0.5) is 0 Å². The molecule has 262 valence electrons. The summed E-state index contributed by atoms with van der Waals surface area (Å²) in [5, 5.41) is 31.8. The van der Waals surface area contributed by atoms with Gasteiger partial charge in [0.1, 0.15) is 12.1 Å². The van der Waals surface area contributed by atoms with Crippen molar-refractivity contribution in [2.75, 3.05) is 34.4 Å². The van der Waals surface area contributed by atoms with E-state index in [-0.39, 0.29) is 66.1 Å². The Morgan fingerprint density at radius 3 is 2.17 bits per heavy atom. The van der Waals surface area contributed by atoms with E-state index in [1.54, 1.807) is 33.2 Å². The highest BCUT2D eigenvalue weighted by molar-refractivity contribution is 5.83. The molecule has 11 heteroatoms. The summed E-state index contributed by atoms with van der Waals surface area (Å²) in [6.45, 7) is 8.74. The number of rotatable bonds is 10. The molecular weight excluding hydrogens is 588 g/mol. The molecule has 6 aliphatic rings. The highest BCUT2D eigenvalue weighted by Crippen LogP contribution is 2.61. The molecule has 13 atom stereocenters. The largest absolute Gasteiger partial charge is 0.394 e. The number of fused-ring (bicyclic) bond motifs is 2. The highest BCUT2D eigenvalue weighted by atomic mass is 16.7. The number of hydrogen-bond donors (Lipinski definition) is 5. The van der Waals surface area contributed by atoms with Crippen molar-refractivity contribution < 1.29 is 34.2 Å². The zero-order chi connectivity index (χ0) is 33.5. The van der Waals surface area contributed by atoms with Crippen molar-refractivity contribution in [1.29, 1.82) is 0 Å². The fourth-order valence-corrected chi connectivity index (χ4v) is 10.6. The molecule has 11 nitrogen and oxygen atoms in total. The molecule has 6 rings (SSSR count). The summed E-state index contributed by atoms with van der Waals surface area (Å²) in [7, 11) is 5.03. The van der Waals surface area contributed by atoms with Crippen molar-refractivity contribution in [2.45, 2.75) is 109 Å². The average Bonchev–Trinajstić information content (AvgIpc) is 3.42. The van der Waals surface area contributed by atoms with Gasteiger partial charge >= 0.3 is 0 Å². The first kappa shape index (κ1) is 35.5. The van der Waals surface area contributed by atoms with E-state index in [2.05, 4.69) is 36.7 Å². The minimum absolute atomic E-state index is 0.0217. The number of nitrogens with zero attached hydrogens (tertiary/aromatic N) is 1. The second-order valence-corrected chi connectivity index (χ2v) is 15.9. The maximum absolute atomic E-state index is 14.2. The van der Waals surface area contributed by atoms with Crippen LogP contribution >= 0.6 is 0 Å². The number of hydrogen-bond acceptors (Lipinski definition) is 8. The molecule has 0 spiro atoms. The maximum atomic E-state index is 14.2. The molecule has 0 aromatic rings. The number of hydroxylamine groups is 2. The Kier molecular flexibility index (Phi) is 11.1. The third-order valence-corrected chi connectivity index (χ3v) is 13.3. The van der Waals surface area contributed by atoms with Crippen LogP contribution in [-0.4, -0.2) is 97.8 Å². The van der Waals surface area contributed by atoms with E-state index in [0.29, 0.717) is 49.0 Å². The Hall–Kier alpha value is -1.79. The molecule has 2 bridgehead atoms. The minimum Gasteiger partial charge on any atom is -0.394 e. The molecule has 46 heavy (non-hydrogen) atoms. The predicted octanol–water partition coefficient (Wildman–Crippen LogP) is 2.10. The lowest BCUT2D eigenvalue weighted by Crippen LogP contribution is -2.62. The molecule has 0 aromatic heterocycles. The van der Waals surface area contributed by atoms with Gasteiger partial charge in [-0.05, 0) is 86.9 Å². The molecule has 1 saturated heterocycles. The summed E-state index contributed by atoms with van der Waals surface area (Å²) in [5.41, 5.74) is 0.305. The van der Waals surface area contributed by atoms with Gasteiger partial charge in [0.15, 0.2) is 0 Å². The van der Waals surface area contributed by atoms with Crippen LogP contribution in [0.15, 0.2) is 0 Å². The smallest absolute Gasteiger partial charge is 0.240 e. The SMILES string of the molecule is CNC(=O)C1CC(C(=O)NC)CC(C2CCCC(CN3O[C@@H](CO)[C@@H]([C@H](C)O)[C@H]3C(=O)N[C@H]3C[C@H]4C[C@@H]([C@@H]3C)C4(C)C)C2OC)C1. The lowest BCUT2D eigenvalue weighted by molar-refractivity contribution is -0.193. The van der Waals surface area contributed by atoms with E-state index in [1.165, 1.54) is 6.42 Å². The van der Waals surface area contributed by atoms with Crippen LogP contribution in [0, 0.1) is 58.7 Å². The fourth-order valence-electron chi connectivity index (χ4n) is 10.6. The molecule has 6 fully saturated rings. The van der Waals surface area contributed by atoms with Gasteiger partial charge in [-0.1, -0.05) is 27.2 Å². The van der Waals surface area contributed by atoms with E-state index in [0.717, 1.165) is 25.7 Å². The molecule has 5 aliphatic carbocycles. The second kappa shape index (κ2) is 14.4. The number of methoxy groups -OCH3 is 1. The summed E-state index contributed by atoms with van der Waals surface area (Å²) in [4.78, 5) is 46.0. The summed E-state index contributed by atoms with van der Waals surface area (Å²) < 4.78 is 6.24. The summed E-state index contributed by atoms with van der Waals surface area (Å²) in [6, 6.07) is -0.661. The van der Waals surface area contributed by atoms with Crippen LogP contribution in [-0.2, 0) is 24.0 Å². The number of amides is 3. The van der Waals surface area contributed by atoms with Crippen LogP contribution in [0.2, 0.25) is 0 Å². The van der Waals surface area contributed by atoms with Gasteiger partial charge in [0.05, 0.1) is 18.8 Å². The van der Waals surface area contributed by atoms with Crippen molar-refractivity contribution in [3.8, 4) is 0 Å². The van der Waals surface area contributed by atoms with Gasteiger partial charge in [-0.3, -0.25) is 19.2 Å². The molecular formula is C35H60N4O7. The Morgan fingerprint density at radius 1 is 1.00 bits per heavy atom. The molecule has 1 heterocycles. The molecule has 1 aliphatic heterocycles. The van der Waals surface area contributed by atoms with Crippen molar-refractivity contribution >= 4 is 17.7 Å². The normalized spacial score (nSPS) is 42.8. The van der Waals surface area contributed by atoms with Crippen LogP contribution in [0.1, 0.15) is 79.1 Å². The van der Waals surface area contributed by atoms with E-state index in [1.807, 2.05) is 0 Å². The maximum Gasteiger partial charge on any atom is 0.240 e. The van der Waals surface area contributed by atoms with Gasteiger partial charge in [0, 0.05) is 57.5 Å². The Balaban J connectivity index is 1.34. The highest BCUT2D eigenvalue weighted by Gasteiger charge is 2.58. The van der Waals surface area contributed by atoms with Crippen LogP contribution in [0.3, 0.4) is 0 Å². The number of aliphatic hydroxyl groups excluding tert-OH is 2. The molecule has 0 aromatic carbocycles. The quantitative estimate of drug-likeness (QED) is 0.242. The van der Waals surface area contributed by atoms with Crippen molar-refractivity contribution in [1.82, 2.24) is 21.0 Å². The zero-order valence-corrected chi connectivity index (χ0v) is 29.0. The number of aliphatic hydroxyl groups is 2. The van der Waals surface area contributed by atoms with Gasteiger partial charge in [-0.15, -0.1) is 0 Å². The summed E-state index contributed by atoms with van der Waals surface area (Å²) in [6.07, 6.45) is 5.26. The Labute approximate surface area is 275 Å². The van der Waals surface area contributed by atoms with Crippen LogP contribution < -0.4 is 16.0 Å². The monoisotopic (exact) mass is 648 g/mol. The zero-order valence-electron chi connectivity index (χ0n) is 29.0. The number of nitrogens with one attached hydrogen (secondary N) is 3. The lowest BCUT2D eigenvalue weighted by atomic mass is 9.45. The summed E-state index contributed by atoms with van der Waals surface area (Å²) in [5.74, 6) is 0.653. The topological polar surface area (TPSA) is 149 Å². The fraction of sp³-hybridized carbons (Fsp3) is 0.914. The van der Waals surface area contributed by atoms with Crippen molar-refractivity contribution in [2.24, 2.45) is 58.7 Å². The van der Waals surface area contributed by atoms with E-state index >= 15 is 0 Å². The van der Waals surface area contributed by atoms with Gasteiger partial charge in [0.25, 0.3) is 0 Å². The second-order valence-electron chi connectivity index (χ2n) is 15.9. The number of ether oxygens (including phenoxy) is 1.